The Morgan fingerprint density at radius 3 is 2.03 bits per heavy atom. The van der Waals surface area contributed by atoms with Crippen molar-refractivity contribution in [2.45, 2.75) is 0 Å². The first-order chi connectivity index (χ1) is 14.8. The van der Waals surface area contributed by atoms with Gasteiger partial charge >= 0.3 is 7.12 Å². The molecule has 0 aliphatic rings. The van der Waals surface area contributed by atoms with Crippen molar-refractivity contribution in [3.05, 3.63) is 95.6 Å². The molecule has 0 amide bonds. The van der Waals surface area contributed by atoms with Crippen molar-refractivity contribution in [2.24, 2.45) is 0 Å². The summed E-state index contributed by atoms with van der Waals surface area (Å²) in [6, 6.07) is 11.2. The van der Waals surface area contributed by atoms with Crippen LogP contribution in [0.4, 0.5) is 26.3 Å². The Labute approximate surface area is 172 Å². The summed E-state index contributed by atoms with van der Waals surface area (Å²) in [5.41, 5.74) is -0.336. The van der Waals surface area contributed by atoms with Crippen LogP contribution in [-0.2, 0) is 0 Å². The lowest BCUT2D eigenvalue weighted by Crippen LogP contribution is -2.38. The van der Waals surface area contributed by atoms with Crippen LogP contribution in [-0.4, -0.2) is 12.1 Å². The molecule has 0 saturated heterocycles. The third-order valence-electron chi connectivity index (χ3n) is 4.77. The van der Waals surface area contributed by atoms with E-state index in [1.54, 1.807) is 0 Å². The fourth-order valence-electron chi connectivity index (χ4n) is 3.29. The van der Waals surface area contributed by atoms with Gasteiger partial charge in [0.05, 0.1) is 5.39 Å². The van der Waals surface area contributed by atoms with Crippen molar-refractivity contribution in [3.8, 4) is 16.9 Å². The number of fused-ring (bicyclic) bond motifs is 1. The molecule has 2 nitrogen and oxygen atoms in total. The Balaban J connectivity index is 1.78. The van der Waals surface area contributed by atoms with Gasteiger partial charge in [-0.2, -0.15) is 0 Å². The molecule has 4 rings (SSSR count). The highest BCUT2D eigenvalue weighted by molar-refractivity contribution is 6.62. The van der Waals surface area contributed by atoms with Crippen molar-refractivity contribution in [2.75, 3.05) is 0 Å². The normalized spacial score (nSPS) is 11.1. The van der Waals surface area contributed by atoms with Gasteiger partial charge in [-0.25, -0.2) is 26.3 Å². The molecule has 0 radical (unpaired) electrons. The fraction of sp³-hybridized carbons (Fsp3) is 0. The smallest absolute Gasteiger partial charge is 0.532 e. The molecular formula is C22H11BF6O2. The van der Waals surface area contributed by atoms with Gasteiger partial charge < -0.3 is 9.68 Å². The Morgan fingerprint density at radius 2 is 1.26 bits per heavy atom. The summed E-state index contributed by atoms with van der Waals surface area (Å²) >= 11 is 0. The van der Waals surface area contributed by atoms with Crippen LogP contribution in [0.15, 0.2) is 60.7 Å². The maximum absolute atomic E-state index is 14.3. The number of hydrogen-bond donors (Lipinski definition) is 1. The van der Waals surface area contributed by atoms with E-state index in [0.29, 0.717) is 0 Å². The van der Waals surface area contributed by atoms with Gasteiger partial charge in [-0.05, 0) is 42.0 Å². The predicted molar refractivity (Wildman–Crippen MR) is 104 cm³/mol. The topological polar surface area (TPSA) is 29.5 Å². The van der Waals surface area contributed by atoms with Crippen LogP contribution < -0.4 is 10.1 Å². The van der Waals surface area contributed by atoms with Crippen molar-refractivity contribution in [1.29, 1.82) is 0 Å². The quantitative estimate of drug-likeness (QED) is 0.276. The standard InChI is InChI=1S/C22H11BF6O2/c24-15-9-10-18(13-6-8-16(25)21(28)19(13)15)31-23(30)14-4-2-1-3-11(14)12-5-7-17(26)22(29)20(12)27/h1-10,30H. The maximum Gasteiger partial charge on any atom is 0.560 e. The molecule has 0 saturated carbocycles. The molecule has 0 heterocycles. The molecule has 1 N–H and O–H groups in total. The van der Waals surface area contributed by atoms with Crippen LogP contribution in [0, 0.1) is 34.9 Å². The van der Waals surface area contributed by atoms with E-state index in [1.165, 1.54) is 24.3 Å². The molecule has 156 valence electrons. The van der Waals surface area contributed by atoms with Crippen LogP contribution in [0.2, 0.25) is 0 Å². The van der Waals surface area contributed by atoms with Gasteiger partial charge in [0, 0.05) is 16.4 Å². The number of benzene rings is 4. The number of hydrogen-bond acceptors (Lipinski definition) is 2. The highest BCUT2D eigenvalue weighted by atomic mass is 19.2. The first kappa shape index (κ1) is 20.8. The van der Waals surface area contributed by atoms with Crippen molar-refractivity contribution >= 4 is 23.4 Å². The number of halogens is 6. The van der Waals surface area contributed by atoms with Crippen LogP contribution in [0.5, 0.6) is 5.75 Å². The lowest BCUT2D eigenvalue weighted by molar-refractivity contribution is 0.434. The maximum atomic E-state index is 14.3. The molecule has 0 atom stereocenters. The second-order valence-corrected chi connectivity index (χ2v) is 6.61. The molecule has 4 aromatic rings. The van der Waals surface area contributed by atoms with E-state index in [1.807, 2.05) is 0 Å². The molecule has 0 fully saturated rings. The largest absolute Gasteiger partial charge is 0.560 e. The van der Waals surface area contributed by atoms with Gasteiger partial charge in [-0.1, -0.05) is 24.3 Å². The molecular weight excluding hydrogens is 421 g/mol. The fourth-order valence-corrected chi connectivity index (χ4v) is 3.29. The average Bonchev–Trinajstić information content (AvgIpc) is 2.76. The van der Waals surface area contributed by atoms with E-state index in [4.69, 9.17) is 4.65 Å². The van der Waals surface area contributed by atoms with Gasteiger partial charge in [0.25, 0.3) is 0 Å². The van der Waals surface area contributed by atoms with Gasteiger partial charge in [0.1, 0.15) is 11.6 Å². The van der Waals surface area contributed by atoms with Crippen molar-refractivity contribution < 1.29 is 36.0 Å². The van der Waals surface area contributed by atoms with Gasteiger partial charge in [-0.15, -0.1) is 0 Å². The first-order valence-electron chi connectivity index (χ1n) is 8.93. The summed E-state index contributed by atoms with van der Waals surface area (Å²) in [4.78, 5) is 0. The first-order valence-corrected chi connectivity index (χ1v) is 8.93. The summed E-state index contributed by atoms with van der Waals surface area (Å²) in [6.45, 7) is 0. The van der Waals surface area contributed by atoms with Gasteiger partial charge in [0.15, 0.2) is 29.1 Å². The van der Waals surface area contributed by atoms with Crippen LogP contribution in [0.25, 0.3) is 21.9 Å². The van der Waals surface area contributed by atoms with E-state index in [0.717, 1.165) is 36.4 Å². The molecule has 9 heteroatoms. The zero-order chi connectivity index (χ0) is 22.3. The van der Waals surface area contributed by atoms with Gasteiger partial charge in [0.2, 0.25) is 0 Å². The average molecular weight is 432 g/mol. The van der Waals surface area contributed by atoms with Crippen molar-refractivity contribution in [1.82, 2.24) is 0 Å². The summed E-state index contributed by atoms with van der Waals surface area (Å²) in [5.74, 6) is -8.39. The molecule has 0 bridgehead atoms. The van der Waals surface area contributed by atoms with E-state index in [-0.39, 0.29) is 27.7 Å². The number of rotatable bonds is 4. The predicted octanol–water partition coefficient (Wildman–Crippen LogP) is 5.11. The minimum atomic E-state index is -1.79. The summed E-state index contributed by atoms with van der Waals surface area (Å²) in [7, 11) is -1.79. The van der Waals surface area contributed by atoms with Crippen molar-refractivity contribution in [3.63, 3.8) is 0 Å². The molecule has 0 unspecified atom stereocenters. The van der Waals surface area contributed by atoms with E-state index in [2.05, 4.69) is 0 Å². The zero-order valence-corrected chi connectivity index (χ0v) is 15.5. The second-order valence-electron chi connectivity index (χ2n) is 6.61. The monoisotopic (exact) mass is 432 g/mol. The van der Waals surface area contributed by atoms with Crippen LogP contribution >= 0.6 is 0 Å². The lowest BCUT2D eigenvalue weighted by Gasteiger charge is -2.16. The molecule has 4 aromatic carbocycles. The lowest BCUT2D eigenvalue weighted by atomic mass is 9.74. The minimum absolute atomic E-state index is 0.00930. The second kappa shape index (κ2) is 8.00. The Hall–Kier alpha value is -3.46. The Kier molecular flexibility index (Phi) is 5.37. The molecule has 31 heavy (non-hydrogen) atoms. The van der Waals surface area contributed by atoms with E-state index < -0.39 is 47.4 Å². The Bertz CT molecular complexity index is 1310. The van der Waals surface area contributed by atoms with Crippen LogP contribution in [0.3, 0.4) is 0 Å². The molecule has 0 aliphatic heterocycles. The summed E-state index contributed by atoms with van der Waals surface area (Å²) < 4.78 is 88.3. The van der Waals surface area contributed by atoms with E-state index >= 15 is 0 Å². The zero-order valence-electron chi connectivity index (χ0n) is 15.5. The highest BCUT2D eigenvalue weighted by Gasteiger charge is 2.27. The third kappa shape index (κ3) is 3.61. The summed E-state index contributed by atoms with van der Waals surface area (Å²) in [6.07, 6.45) is 0. The SMILES string of the molecule is OB(Oc1ccc(F)c2c(F)c(F)ccc12)c1ccccc1-c1ccc(F)c(F)c1F. The van der Waals surface area contributed by atoms with Crippen LogP contribution in [0.1, 0.15) is 0 Å². The minimum Gasteiger partial charge on any atom is -0.532 e. The summed E-state index contributed by atoms with van der Waals surface area (Å²) in [5, 5.41) is 9.80. The molecule has 0 spiro atoms. The highest BCUT2D eigenvalue weighted by Crippen LogP contribution is 2.32. The molecule has 0 aromatic heterocycles. The molecule has 0 aliphatic carbocycles. The van der Waals surface area contributed by atoms with Gasteiger partial charge in [-0.3, -0.25) is 0 Å². The third-order valence-corrected chi connectivity index (χ3v) is 4.77. The van der Waals surface area contributed by atoms with E-state index in [9.17, 15) is 31.4 Å². The Morgan fingerprint density at radius 1 is 0.613 bits per heavy atom.